The Hall–Kier alpha value is -2.47. The predicted octanol–water partition coefficient (Wildman–Crippen LogP) is 2.76. The Morgan fingerprint density at radius 2 is 2.14 bits per heavy atom. The number of benzene rings is 1. The highest BCUT2D eigenvalue weighted by Gasteiger charge is 2.13. The van der Waals surface area contributed by atoms with E-state index >= 15 is 0 Å². The molecule has 0 bridgehead atoms. The first-order chi connectivity index (χ1) is 10.1. The van der Waals surface area contributed by atoms with Gasteiger partial charge in [-0.2, -0.15) is 0 Å². The molecule has 0 saturated carbocycles. The van der Waals surface area contributed by atoms with Crippen molar-refractivity contribution >= 4 is 34.4 Å². The van der Waals surface area contributed by atoms with E-state index in [9.17, 15) is 4.79 Å². The smallest absolute Gasteiger partial charge is 0.232 e. The molecule has 0 saturated heterocycles. The van der Waals surface area contributed by atoms with Gasteiger partial charge in [0.2, 0.25) is 11.9 Å². The number of anilines is 1. The molecule has 7 heteroatoms. The lowest BCUT2D eigenvalue weighted by molar-refractivity contribution is -0.115. The van der Waals surface area contributed by atoms with E-state index in [0.29, 0.717) is 17.0 Å². The van der Waals surface area contributed by atoms with Gasteiger partial charge in [0.15, 0.2) is 5.58 Å². The van der Waals surface area contributed by atoms with Gasteiger partial charge in [0.25, 0.3) is 0 Å². The Morgan fingerprint density at radius 3 is 2.95 bits per heavy atom. The van der Waals surface area contributed by atoms with Crippen molar-refractivity contribution in [3.8, 4) is 0 Å². The molecule has 1 aromatic carbocycles. The summed E-state index contributed by atoms with van der Waals surface area (Å²) < 4.78 is 5.16. The maximum atomic E-state index is 12.0. The highest BCUT2D eigenvalue weighted by atomic mass is 35.5. The number of hydrogen-bond donors (Lipinski definition) is 1. The van der Waals surface area contributed by atoms with Gasteiger partial charge in [-0.3, -0.25) is 10.1 Å². The third kappa shape index (κ3) is 3.00. The highest BCUT2D eigenvalue weighted by Crippen LogP contribution is 2.18. The number of nitrogens with one attached hydrogen (secondary N) is 1. The van der Waals surface area contributed by atoms with Crippen molar-refractivity contribution in [3.63, 3.8) is 0 Å². The van der Waals surface area contributed by atoms with E-state index in [-0.39, 0.29) is 23.4 Å². The summed E-state index contributed by atoms with van der Waals surface area (Å²) in [6.07, 6.45) is 0.0753. The minimum atomic E-state index is -0.282. The van der Waals surface area contributed by atoms with Gasteiger partial charge in [-0.25, -0.2) is 9.97 Å². The molecule has 0 unspecified atom stereocenters. The van der Waals surface area contributed by atoms with E-state index in [4.69, 9.17) is 16.1 Å². The Labute approximate surface area is 125 Å². The summed E-state index contributed by atoms with van der Waals surface area (Å²) in [6, 6.07) is 8.98. The van der Waals surface area contributed by atoms with E-state index in [2.05, 4.69) is 20.4 Å². The summed E-state index contributed by atoms with van der Waals surface area (Å²) in [5, 5.41) is 7.61. The number of halogens is 1. The van der Waals surface area contributed by atoms with E-state index in [1.807, 2.05) is 18.2 Å². The van der Waals surface area contributed by atoms with Crippen molar-refractivity contribution in [2.45, 2.75) is 13.3 Å². The lowest BCUT2D eigenvalue weighted by Gasteiger charge is -2.03. The van der Waals surface area contributed by atoms with E-state index in [1.54, 1.807) is 19.1 Å². The first-order valence-electron chi connectivity index (χ1n) is 6.26. The number of carbonyl (C=O) groups excluding carboxylic acids is 1. The summed E-state index contributed by atoms with van der Waals surface area (Å²) >= 11 is 5.82. The third-order valence-corrected chi connectivity index (χ3v) is 3.05. The number of fused-ring (bicyclic) bond motifs is 1. The van der Waals surface area contributed by atoms with Crippen LogP contribution in [0.15, 0.2) is 34.9 Å². The molecule has 21 heavy (non-hydrogen) atoms. The van der Waals surface area contributed by atoms with Crippen LogP contribution >= 0.6 is 11.6 Å². The number of nitrogens with zero attached hydrogens (tertiary/aromatic N) is 3. The molecule has 2 aromatic heterocycles. The minimum absolute atomic E-state index is 0.0753. The van der Waals surface area contributed by atoms with Crippen LogP contribution in [-0.2, 0) is 11.2 Å². The Bertz CT molecular complexity index is 795. The van der Waals surface area contributed by atoms with Gasteiger partial charge in [-0.1, -0.05) is 28.9 Å². The van der Waals surface area contributed by atoms with E-state index in [1.165, 1.54) is 0 Å². The first kappa shape index (κ1) is 13.5. The normalized spacial score (nSPS) is 10.8. The fraction of sp³-hybridized carbons (Fsp3) is 0.143. The van der Waals surface area contributed by atoms with Crippen LogP contribution in [0.3, 0.4) is 0 Å². The second-order valence-corrected chi connectivity index (χ2v) is 4.89. The molecule has 2 heterocycles. The molecule has 3 rings (SSSR count). The average Bonchev–Trinajstić information content (AvgIpc) is 2.81. The number of amides is 1. The van der Waals surface area contributed by atoms with Crippen LogP contribution in [0.25, 0.3) is 11.0 Å². The quantitative estimate of drug-likeness (QED) is 0.752. The summed E-state index contributed by atoms with van der Waals surface area (Å²) in [6.45, 7) is 1.77. The third-order valence-electron chi connectivity index (χ3n) is 2.85. The molecule has 1 amide bonds. The van der Waals surface area contributed by atoms with Crippen LogP contribution in [0, 0.1) is 6.92 Å². The average molecular weight is 303 g/mol. The highest BCUT2D eigenvalue weighted by molar-refractivity contribution is 6.29. The zero-order chi connectivity index (χ0) is 14.8. The summed E-state index contributed by atoms with van der Waals surface area (Å²) in [5.41, 5.74) is 1.90. The Kier molecular flexibility index (Phi) is 3.53. The SMILES string of the molecule is Cc1cc(Cl)nc(NC(=O)Cc2noc3ccccc23)n1. The molecular weight excluding hydrogens is 292 g/mol. The minimum Gasteiger partial charge on any atom is -0.356 e. The van der Waals surface area contributed by atoms with Gasteiger partial charge in [0, 0.05) is 11.1 Å². The maximum absolute atomic E-state index is 12.0. The van der Waals surface area contributed by atoms with Crippen molar-refractivity contribution in [2.24, 2.45) is 0 Å². The summed E-state index contributed by atoms with van der Waals surface area (Å²) in [7, 11) is 0. The van der Waals surface area contributed by atoms with Crippen LogP contribution in [-0.4, -0.2) is 21.0 Å². The van der Waals surface area contributed by atoms with Gasteiger partial charge >= 0.3 is 0 Å². The van der Waals surface area contributed by atoms with Crippen molar-refractivity contribution in [2.75, 3.05) is 5.32 Å². The number of hydrogen-bond acceptors (Lipinski definition) is 5. The lowest BCUT2D eigenvalue weighted by atomic mass is 10.2. The molecule has 0 aliphatic carbocycles. The molecule has 1 N–H and O–H groups in total. The molecule has 0 fully saturated rings. The number of carbonyl (C=O) groups is 1. The molecule has 0 aliphatic rings. The van der Waals surface area contributed by atoms with Gasteiger partial charge in [0.1, 0.15) is 10.8 Å². The fourth-order valence-corrected chi connectivity index (χ4v) is 2.21. The van der Waals surface area contributed by atoms with Gasteiger partial charge in [-0.15, -0.1) is 0 Å². The molecule has 6 nitrogen and oxygen atoms in total. The Morgan fingerprint density at radius 1 is 1.33 bits per heavy atom. The topological polar surface area (TPSA) is 80.9 Å². The largest absolute Gasteiger partial charge is 0.356 e. The number of rotatable bonds is 3. The number of para-hydroxylation sites is 1. The number of aryl methyl sites for hydroxylation is 1. The van der Waals surface area contributed by atoms with Gasteiger partial charge < -0.3 is 4.52 Å². The molecule has 0 atom stereocenters. The molecule has 0 spiro atoms. The van der Waals surface area contributed by atoms with E-state index in [0.717, 1.165) is 5.39 Å². The van der Waals surface area contributed by atoms with Gasteiger partial charge in [-0.05, 0) is 25.1 Å². The molecule has 0 radical (unpaired) electrons. The van der Waals surface area contributed by atoms with Crippen molar-refractivity contribution in [1.82, 2.24) is 15.1 Å². The molecule has 0 aliphatic heterocycles. The lowest BCUT2D eigenvalue weighted by Crippen LogP contribution is -2.17. The first-order valence-corrected chi connectivity index (χ1v) is 6.64. The zero-order valence-corrected chi connectivity index (χ0v) is 11.9. The standard InChI is InChI=1S/C14H11ClN4O2/c1-8-6-12(15)17-14(16-8)18-13(20)7-10-9-4-2-3-5-11(9)21-19-10/h2-6H,7H2,1H3,(H,16,17,18,20). The van der Waals surface area contributed by atoms with Crippen LogP contribution in [0.1, 0.15) is 11.4 Å². The number of aromatic nitrogens is 3. The van der Waals surface area contributed by atoms with Crippen LogP contribution < -0.4 is 5.32 Å². The monoisotopic (exact) mass is 302 g/mol. The van der Waals surface area contributed by atoms with Crippen molar-refractivity contribution < 1.29 is 9.32 Å². The Balaban J connectivity index is 1.77. The predicted molar refractivity (Wildman–Crippen MR) is 78.1 cm³/mol. The molecule has 3 aromatic rings. The van der Waals surface area contributed by atoms with E-state index < -0.39 is 0 Å². The second-order valence-electron chi connectivity index (χ2n) is 4.51. The molecular formula is C14H11ClN4O2. The van der Waals surface area contributed by atoms with Crippen molar-refractivity contribution in [1.29, 1.82) is 0 Å². The maximum Gasteiger partial charge on any atom is 0.232 e. The van der Waals surface area contributed by atoms with Crippen LogP contribution in [0.5, 0.6) is 0 Å². The zero-order valence-electron chi connectivity index (χ0n) is 11.1. The molecule has 106 valence electrons. The van der Waals surface area contributed by atoms with Crippen LogP contribution in [0.4, 0.5) is 5.95 Å². The summed E-state index contributed by atoms with van der Waals surface area (Å²) in [4.78, 5) is 20.1. The summed E-state index contributed by atoms with van der Waals surface area (Å²) in [5.74, 6) is -0.103. The second kappa shape index (κ2) is 5.49. The van der Waals surface area contributed by atoms with Crippen molar-refractivity contribution in [3.05, 3.63) is 46.9 Å². The fourth-order valence-electron chi connectivity index (χ4n) is 1.97. The van der Waals surface area contributed by atoms with Gasteiger partial charge in [0.05, 0.1) is 6.42 Å². The van der Waals surface area contributed by atoms with Crippen LogP contribution in [0.2, 0.25) is 5.15 Å².